The van der Waals surface area contributed by atoms with E-state index in [4.69, 9.17) is 11.5 Å². The number of rotatable bonds is 8. The molecule has 0 atom stereocenters. The molecular formula is C21H21N17O5. The van der Waals surface area contributed by atoms with E-state index in [0.29, 0.717) is 0 Å². The summed E-state index contributed by atoms with van der Waals surface area (Å²) in [6.07, 6.45) is 2.26. The number of nitrogen functional groups attached to an aromatic ring is 2. The van der Waals surface area contributed by atoms with Gasteiger partial charge in [-0.3, -0.25) is 0 Å². The summed E-state index contributed by atoms with van der Waals surface area (Å²) >= 11 is 0. The topological polar surface area (TPSA) is 306 Å². The molecule has 0 saturated heterocycles. The van der Waals surface area contributed by atoms with E-state index >= 15 is 0 Å². The summed E-state index contributed by atoms with van der Waals surface area (Å²) < 4.78 is 4.56. The minimum Gasteiger partial charge on any atom is -0.479 e. The van der Waals surface area contributed by atoms with Crippen LogP contribution in [0.4, 0.5) is 34.6 Å². The van der Waals surface area contributed by atoms with Crippen molar-refractivity contribution in [2.45, 2.75) is 13.8 Å². The van der Waals surface area contributed by atoms with Crippen LogP contribution in [0.1, 0.15) is 32.1 Å². The van der Waals surface area contributed by atoms with Gasteiger partial charge >= 0.3 is 17.9 Å². The quantitative estimate of drug-likeness (QED) is 0.159. The van der Waals surface area contributed by atoms with Gasteiger partial charge in [0.15, 0.2) is 34.6 Å². The summed E-state index contributed by atoms with van der Waals surface area (Å²) in [5, 5.41) is 61.3. The second-order valence-electron chi connectivity index (χ2n) is 8.72. The molecule has 5 heterocycles. The van der Waals surface area contributed by atoms with Crippen LogP contribution in [0.5, 0.6) is 6.01 Å². The highest BCUT2D eigenvalue weighted by Gasteiger charge is 2.22. The Morgan fingerprint density at radius 1 is 0.721 bits per heavy atom. The van der Waals surface area contributed by atoms with Crippen molar-refractivity contribution in [1.82, 2.24) is 54.1 Å². The van der Waals surface area contributed by atoms with Gasteiger partial charge in [-0.15, -0.1) is 20.5 Å². The molecule has 0 aliphatic rings. The Labute approximate surface area is 238 Å². The molecule has 22 heteroatoms. The monoisotopic (exact) mass is 591 g/mol. The fraction of sp³-hybridized carbons (Fsp3) is 0.190. The van der Waals surface area contributed by atoms with Crippen molar-refractivity contribution >= 4 is 46.6 Å². The van der Waals surface area contributed by atoms with Crippen LogP contribution >= 0.6 is 0 Å². The van der Waals surface area contributed by atoms with E-state index in [0.717, 1.165) is 21.8 Å². The highest BCUT2D eigenvalue weighted by atomic mass is 16.4. The first-order chi connectivity index (χ1) is 20.4. The maximum absolute atomic E-state index is 11.4. The molecule has 0 radical (unpaired) electrons. The van der Waals surface area contributed by atoms with Crippen molar-refractivity contribution in [3.63, 3.8) is 0 Å². The summed E-state index contributed by atoms with van der Waals surface area (Å²) in [4.78, 5) is 34.9. The Bertz CT molecular complexity index is 1840. The second kappa shape index (κ2) is 10.4. The van der Waals surface area contributed by atoms with Crippen LogP contribution in [0.15, 0.2) is 32.9 Å². The van der Waals surface area contributed by atoms with Crippen LogP contribution in [-0.4, -0.2) is 81.3 Å². The molecule has 220 valence electrons. The molecule has 43 heavy (non-hydrogen) atoms. The van der Waals surface area contributed by atoms with E-state index in [1.165, 1.54) is 23.5 Å². The van der Waals surface area contributed by atoms with Gasteiger partial charge in [0.1, 0.15) is 11.1 Å². The highest BCUT2D eigenvalue weighted by Crippen LogP contribution is 2.33. The molecule has 0 saturated carbocycles. The van der Waals surface area contributed by atoms with E-state index in [9.17, 15) is 24.9 Å². The summed E-state index contributed by atoms with van der Waals surface area (Å²) in [5.74, 6) is -3.21. The van der Waals surface area contributed by atoms with Gasteiger partial charge in [-0.05, 0) is 13.8 Å². The van der Waals surface area contributed by atoms with Crippen LogP contribution in [0.3, 0.4) is 0 Å². The summed E-state index contributed by atoms with van der Waals surface area (Å²) in [5.41, 5.74) is 12.8. The number of aromatic hydroxyl groups is 1. The van der Waals surface area contributed by atoms with Gasteiger partial charge in [0, 0.05) is 14.1 Å². The molecule has 0 aliphatic heterocycles. The molecule has 0 fully saturated rings. The minimum atomic E-state index is -1.24. The Hall–Kier alpha value is -6.61. The molecular weight excluding hydrogens is 570 g/mol. The second-order valence-corrected chi connectivity index (χ2v) is 8.72. The molecule has 0 aromatic carbocycles. The predicted molar refractivity (Wildman–Crippen MR) is 143 cm³/mol. The molecule has 5 aromatic rings. The van der Waals surface area contributed by atoms with Crippen LogP contribution in [0.2, 0.25) is 0 Å². The number of hydrogen-bond donors (Lipinski definition) is 5. The van der Waals surface area contributed by atoms with Crippen LogP contribution in [-0.2, 0) is 14.1 Å². The summed E-state index contributed by atoms with van der Waals surface area (Å²) in [6.45, 7) is 3.13. The first-order valence-electron chi connectivity index (χ1n) is 11.9. The maximum Gasteiger partial charge on any atom is 0.341 e. The highest BCUT2D eigenvalue weighted by molar-refractivity contribution is 5.92. The SMILES string of the molecule is Cc1nn(-c2nc(O)nc(-n3nc(C)c(N=Nc4c(C(=O)O)cnn4C)c3N)n2)c(N)c1N=Nc1c(C(=O)O)cnn1C. The first-order valence-corrected chi connectivity index (χ1v) is 11.9. The number of hydrogen-bond acceptors (Lipinski definition) is 16. The number of carboxylic acids is 2. The van der Waals surface area contributed by atoms with E-state index in [1.54, 1.807) is 13.8 Å². The third-order valence-electron chi connectivity index (χ3n) is 5.87. The largest absolute Gasteiger partial charge is 0.479 e. The van der Waals surface area contributed by atoms with E-state index in [1.807, 2.05) is 0 Å². The molecule has 5 aromatic heterocycles. The Morgan fingerprint density at radius 2 is 1.12 bits per heavy atom. The average Bonchev–Trinajstić information content (AvgIpc) is 3.66. The number of nitrogens with two attached hydrogens (primary N) is 2. The molecule has 0 bridgehead atoms. The fourth-order valence-corrected chi connectivity index (χ4v) is 3.75. The van der Waals surface area contributed by atoms with E-state index in [-0.39, 0.29) is 69.1 Å². The van der Waals surface area contributed by atoms with Gasteiger partial charge in [0.25, 0.3) is 11.9 Å². The predicted octanol–water partition coefficient (Wildman–Crippen LogP) is 1.42. The number of carboxylic acid groups (broad SMARTS) is 2. The Kier molecular flexibility index (Phi) is 6.77. The first kappa shape index (κ1) is 27.9. The van der Waals surface area contributed by atoms with Gasteiger partial charge in [-0.1, -0.05) is 0 Å². The van der Waals surface area contributed by atoms with Gasteiger partial charge in [0.2, 0.25) is 0 Å². The van der Waals surface area contributed by atoms with Crippen molar-refractivity contribution < 1.29 is 24.9 Å². The number of azo groups is 2. The Balaban J connectivity index is 1.51. The van der Waals surface area contributed by atoms with Crippen LogP contribution in [0.25, 0.3) is 11.9 Å². The number of anilines is 2. The smallest absolute Gasteiger partial charge is 0.341 e. The van der Waals surface area contributed by atoms with Gasteiger partial charge < -0.3 is 26.8 Å². The van der Waals surface area contributed by atoms with Gasteiger partial charge in [-0.25, -0.2) is 19.0 Å². The lowest BCUT2D eigenvalue weighted by Crippen LogP contribution is -2.13. The molecule has 22 nitrogen and oxygen atoms in total. The average molecular weight is 592 g/mol. The molecule has 0 aliphatic carbocycles. The fourth-order valence-electron chi connectivity index (χ4n) is 3.75. The zero-order chi connectivity index (χ0) is 31.2. The van der Waals surface area contributed by atoms with Gasteiger partial charge in [-0.2, -0.15) is 44.7 Å². The number of carbonyl (C=O) groups is 2. The standard InChI is InChI=1S/C21H21N17O5/c1-7-11(29-31-15-9(17(39)40)5-24-35(15)3)13(22)37(33-7)19-26-20(28-21(43)27-19)38-14(23)12(8(2)34-38)30-32-16-10(18(41)42)6-25-36(16)4/h5-6H,22-23H2,1-4H3,(H,39,40)(H,41,42)(H,26,27,28,43). The van der Waals surface area contributed by atoms with Crippen molar-refractivity contribution in [3.05, 3.63) is 34.9 Å². The number of aromatic nitrogens is 11. The molecule has 7 N–H and O–H groups in total. The summed E-state index contributed by atoms with van der Waals surface area (Å²) in [6, 6.07) is -0.728. The van der Waals surface area contributed by atoms with Crippen molar-refractivity contribution in [2.24, 2.45) is 34.6 Å². The number of nitrogens with zero attached hydrogens (tertiary/aromatic N) is 15. The lowest BCUT2D eigenvalue weighted by Gasteiger charge is -2.06. The number of aromatic carboxylic acids is 2. The third-order valence-corrected chi connectivity index (χ3v) is 5.87. The lowest BCUT2D eigenvalue weighted by atomic mass is 10.3. The summed E-state index contributed by atoms with van der Waals surface area (Å²) in [7, 11) is 2.99. The van der Waals surface area contributed by atoms with Crippen molar-refractivity contribution in [3.8, 4) is 17.9 Å². The van der Waals surface area contributed by atoms with Gasteiger partial charge in [0.05, 0.1) is 23.8 Å². The zero-order valence-corrected chi connectivity index (χ0v) is 22.7. The zero-order valence-electron chi connectivity index (χ0n) is 22.7. The molecule has 5 rings (SSSR count). The van der Waals surface area contributed by atoms with Crippen molar-refractivity contribution in [2.75, 3.05) is 11.5 Å². The van der Waals surface area contributed by atoms with E-state index < -0.39 is 17.9 Å². The van der Waals surface area contributed by atoms with Crippen LogP contribution in [0, 0.1) is 13.8 Å². The van der Waals surface area contributed by atoms with Crippen molar-refractivity contribution in [1.29, 1.82) is 0 Å². The van der Waals surface area contributed by atoms with Crippen LogP contribution < -0.4 is 11.5 Å². The molecule has 0 unspecified atom stereocenters. The van der Waals surface area contributed by atoms with E-state index in [2.05, 4.69) is 55.8 Å². The Morgan fingerprint density at radius 3 is 1.49 bits per heavy atom. The number of aryl methyl sites for hydroxylation is 4. The maximum atomic E-state index is 11.4. The third kappa shape index (κ3) is 4.94. The molecule has 0 spiro atoms. The normalized spacial score (nSPS) is 11.7. The minimum absolute atomic E-state index is 0.0285. The molecule has 0 amide bonds. The lowest BCUT2D eigenvalue weighted by molar-refractivity contribution is 0.0686.